The van der Waals surface area contributed by atoms with E-state index in [-0.39, 0.29) is 0 Å². The van der Waals surface area contributed by atoms with Crippen LogP contribution in [-0.4, -0.2) is 36.6 Å². The van der Waals surface area contributed by atoms with Gasteiger partial charge in [0.25, 0.3) is 0 Å². The van der Waals surface area contributed by atoms with Crippen LogP contribution in [0.1, 0.15) is 36.4 Å². The molecule has 1 N–H and O–H groups in total. The van der Waals surface area contributed by atoms with E-state index in [0.717, 1.165) is 30.6 Å². The van der Waals surface area contributed by atoms with Gasteiger partial charge in [-0.25, -0.2) is 4.98 Å². The van der Waals surface area contributed by atoms with Gasteiger partial charge in [0.1, 0.15) is 0 Å². The van der Waals surface area contributed by atoms with Gasteiger partial charge >= 0.3 is 0 Å². The molecule has 0 atom stereocenters. The summed E-state index contributed by atoms with van der Waals surface area (Å²) in [5.74, 6) is 0.941. The van der Waals surface area contributed by atoms with Crippen LogP contribution < -0.4 is 5.32 Å². The van der Waals surface area contributed by atoms with Crippen molar-refractivity contribution in [1.29, 1.82) is 0 Å². The van der Waals surface area contributed by atoms with E-state index in [9.17, 15) is 0 Å². The number of likely N-dealkylation sites (N-methyl/N-ethyl adjacent to an activating group) is 1. The molecular formula is C14H25N3S. The lowest BCUT2D eigenvalue weighted by molar-refractivity contribution is 0.316. The molecule has 1 aromatic heterocycles. The van der Waals surface area contributed by atoms with Crippen LogP contribution in [0.25, 0.3) is 0 Å². The Labute approximate surface area is 115 Å². The van der Waals surface area contributed by atoms with Crippen molar-refractivity contribution < 1.29 is 0 Å². The molecule has 0 amide bonds. The Hall–Kier alpha value is -0.450. The minimum Gasteiger partial charge on any atom is -0.315 e. The minimum atomic E-state index is 0.941. The van der Waals surface area contributed by atoms with E-state index < -0.39 is 0 Å². The highest BCUT2D eigenvalue weighted by Crippen LogP contribution is 2.23. The van der Waals surface area contributed by atoms with E-state index in [1.54, 1.807) is 11.3 Å². The molecule has 1 heterocycles. The minimum absolute atomic E-state index is 0.941. The fraction of sp³-hybridized carbons (Fsp3) is 0.786. The van der Waals surface area contributed by atoms with Crippen molar-refractivity contribution in [2.45, 2.75) is 39.2 Å². The van der Waals surface area contributed by atoms with Crippen molar-refractivity contribution in [1.82, 2.24) is 15.2 Å². The maximum Gasteiger partial charge on any atom is 0.0897 e. The van der Waals surface area contributed by atoms with Gasteiger partial charge < -0.3 is 5.32 Å². The number of nitrogens with zero attached hydrogens (tertiary/aromatic N) is 2. The molecule has 0 radical (unpaired) electrons. The lowest BCUT2D eigenvalue weighted by Gasteiger charge is -2.17. The number of aromatic nitrogens is 1. The highest BCUT2D eigenvalue weighted by atomic mass is 32.1. The normalized spacial score (nSPS) is 16.8. The van der Waals surface area contributed by atoms with Gasteiger partial charge in [0, 0.05) is 25.0 Å². The fourth-order valence-electron chi connectivity index (χ4n) is 2.63. The topological polar surface area (TPSA) is 28.2 Å². The molecule has 1 aliphatic rings. The number of hydrogen-bond acceptors (Lipinski definition) is 4. The Balaban J connectivity index is 1.55. The lowest BCUT2D eigenvalue weighted by atomic mass is 10.1. The van der Waals surface area contributed by atoms with E-state index in [0.29, 0.717) is 0 Å². The van der Waals surface area contributed by atoms with Crippen LogP contribution >= 0.6 is 11.3 Å². The molecule has 3 nitrogen and oxygen atoms in total. The van der Waals surface area contributed by atoms with Crippen molar-refractivity contribution >= 4 is 11.3 Å². The maximum atomic E-state index is 4.50. The van der Waals surface area contributed by atoms with Crippen molar-refractivity contribution in [2.75, 3.05) is 26.7 Å². The molecule has 0 bridgehead atoms. The van der Waals surface area contributed by atoms with Gasteiger partial charge in [-0.15, -0.1) is 11.3 Å². The van der Waals surface area contributed by atoms with Crippen molar-refractivity contribution in [2.24, 2.45) is 5.92 Å². The molecule has 102 valence electrons. The van der Waals surface area contributed by atoms with Crippen LogP contribution in [0.15, 0.2) is 5.38 Å². The number of rotatable bonds is 7. The number of thiazole rings is 1. The van der Waals surface area contributed by atoms with Crippen molar-refractivity contribution in [3.8, 4) is 0 Å². The summed E-state index contributed by atoms with van der Waals surface area (Å²) in [5, 5.41) is 6.92. The third-order valence-electron chi connectivity index (χ3n) is 3.68. The predicted octanol–water partition coefficient (Wildman–Crippen LogP) is 2.66. The molecule has 4 heteroatoms. The van der Waals surface area contributed by atoms with Crippen LogP contribution in [0.2, 0.25) is 0 Å². The van der Waals surface area contributed by atoms with E-state index >= 15 is 0 Å². The first-order chi connectivity index (χ1) is 8.74. The van der Waals surface area contributed by atoms with Gasteiger partial charge in [0.2, 0.25) is 0 Å². The largest absolute Gasteiger partial charge is 0.315 e. The molecular weight excluding hydrogens is 242 g/mol. The molecule has 0 spiro atoms. The van der Waals surface area contributed by atoms with Gasteiger partial charge in [0.05, 0.1) is 10.7 Å². The van der Waals surface area contributed by atoms with E-state index in [1.165, 1.54) is 37.9 Å². The van der Waals surface area contributed by atoms with Crippen LogP contribution in [0.5, 0.6) is 0 Å². The average Bonchev–Trinajstić information content (AvgIpc) is 2.96. The van der Waals surface area contributed by atoms with E-state index in [2.05, 4.69) is 34.6 Å². The summed E-state index contributed by atoms with van der Waals surface area (Å²) < 4.78 is 0. The second kappa shape index (κ2) is 7.22. The lowest BCUT2D eigenvalue weighted by Crippen LogP contribution is -2.31. The first-order valence-electron chi connectivity index (χ1n) is 7.04. The Morgan fingerprint density at radius 1 is 1.44 bits per heavy atom. The molecule has 1 aromatic rings. The van der Waals surface area contributed by atoms with Gasteiger partial charge in [0.15, 0.2) is 0 Å². The predicted molar refractivity (Wildman–Crippen MR) is 78.0 cm³/mol. The molecule has 0 saturated heterocycles. The molecule has 2 rings (SSSR count). The third kappa shape index (κ3) is 4.67. The molecule has 1 fully saturated rings. The Kier molecular flexibility index (Phi) is 5.60. The monoisotopic (exact) mass is 267 g/mol. The fourth-order valence-corrected chi connectivity index (χ4v) is 3.23. The second-order valence-corrected chi connectivity index (χ2v) is 6.51. The zero-order chi connectivity index (χ0) is 12.8. The van der Waals surface area contributed by atoms with Crippen molar-refractivity contribution in [3.05, 3.63) is 16.1 Å². The summed E-state index contributed by atoms with van der Waals surface area (Å²) >= 11 is 1.74. The Morgan fingerprint density at radius 2 is 2.22 bits per heavy atom. The SMILES string of the molecule is Cc1nc(CN(C)CCNCC2CCCC2)cs1. The molecule has 1 saturated carbocycles. The first kappa shape index (κ1) is 14.0. The molecule has 0 aromatic carbocycles. The van der Waals surface area contributed by atoms with Crippen LogP contribution in [-0.2, 0) is 6.54 Å². The van der Waals surface area contributed by atoms with Gasteiger partial charge in [-0.05, 0) is 39.3 Å². The van der Waals surface area contributed by atoms with E-state index in [1.807, 2.05) is 0 Å². The summed E-state index contributed by atoms with van der Waals surface area (Å²) in [7, 11) is 2.17. The molecule has 18 heavy (non-hydrogen) atoms. The molecule has 0 aliphatic heterocycles. The van der Waals surface area contributed by atoms with Crippen LogP contribution in [0, 0.1) is 12.8 Å². The average molecular weight is 267 g/mol. The summed E-state index contributed by atoms with van der Waals surface area (Å²) in [4.78, 5) is 6.84. The maximum absolute atomic E-state index is 4.50. The molecule has 0 unspecified atom stereocenters. The quantitative estimate of drug-likeness (QED) is 0.770. The van der Waals surface area contributed by atoms with Gasteiger partial charge in [-0.1, -0.05) is 12.8 Å². The van der Waals surface area contributed by atoms with E-state index in [4.69, 9.17) is 0 Å². The van der Waals surface area contributed by atoms with Gasteiger partial charge in [-0.3, -0.25) is 4.90 Å². The van der Waals surface area contributed by atoms with Crippen LogP contribution in [0.4, 0.5) is 0 Å². The second-order valence-electron chi connectivity index (χ2n) is 5.45. The summed E-state index contributed by atoms with van der Waals surface area (Å²) in [6.07, 6.45) is 5.74. The van der Waals surface area contributed by atoms with Crippen LogP contribution in [0.3, 0.4) is 0 Å². The summed E-state index contributed by atoms with van der Waals surface area (Å²) in [5.41, 5.74) is 1.20. The number of nitrogens with one attached hydrogen (secondary N) is 1. The Bertz CT molecular complexity index is 345. The Morgan fingerprint density at radius 3 is 2.89 bits per heavy atom. The third-order valence-corrected chi connectivity index (χ3v) is 4.50. The summed E-state index contributed by atoms with van der Waals surface area (Å²) in [6, 6.07) is 0. The highest BCUT2D eigenvalue weighted by Gasteiger charge is 2.13. The standard InChI is InChI=1S/C14H25N3S/c1-12-16-14(11-18-12)10-17(2)8-7-15-9-13-5-3-4-6-13/h11,13,15H,3-10H2,1-2H3. The first-order valence-corrected chi connectivity index (χ1v) is 7.92. The highest BCUT2D eigenvalue weighted by molar-refractivity contribution is 7.09. The smallest absolute Gasteiger partial charge is 0.0897 e. The van der Waals surface area contributed by atoms with Gasteiger partial charge in [-0.2, -0.15) is 0 Å². The zero-order valence-corrected chi connectivity index (χ0v) is 12.4. The zero-order valence-electron chi connectivity index (χ0n) is 11.6. The molecule has 1 aliphatic carbocycles. The van der Waals surface area contributed by atoms with Crippen molar-refractivity contribution in [3.63, 3.8) is 0 Å². The number of aryl methyl sites for hydroxylation is 1. The summed E-state index contributed by atoms with van der Waals surface area (Å²) in [6.45, 7) is 6.44. The number of hydrogen-bond donors (Lipinski definition) is 1.